The summed E-state index contributed by atoms with van der Waals surface area (Å²) in [6.07, 6.45) is 6.52. The van der Waals surface area contributed by atoms with Crippen molar-refractivity contribution in [3.63, 3.8) is 0 Å². The van der Waals surface area contributed by atoms with Gasteiger partial charge >= 0.3 is 0 Å². The van der Waals surface area contributed by atoms with Crippen molar-refractivity contribution in [2.45, 2.75) is 32.4 Å². The van der Waals surface area contributed by atoms with Crippen LogP contribution in [0, 0.1) is 11.7 Å². The van der Waals surface area contributed by atoms with Crippen LogP contribution in [0.3, 0.4) is 0 Å². The van der Waals surface area contributed by atoms with Crippen LogP contribution in [0.25, 0.3) is 5.57 Å². The molecule has 0 N–H and O–H groups in total. The van der Waals surface area contributed by atoms with Crippen LogP contribution in [0.1, 0.15) is 25.8 Å². The predicted octanol–water partition coefficient (Wildman–Crippen LogP) is 2.72. The van der Waals surface area contributed by atoms with E-state index < -0.39 is 0 Å². The number of fused-ring (bicyclic) bond motifs is 2. The number of rotatable bonds is 2. The van der Waals surface area contributed by atoms with E-state index in [0.29, 0.717) is 18.0 Å². The molecule has 1 fully saturated rings. The molecule has 17 heavy (non-hydrogen) atoms. The topological polar surface area (TPSA) is 16.1 Å². The molecule has 1 aromatic heterocycles. The molecule has 0 spiro atoms. The van der Waals surface area contributed by atoms with Crippen LogP contribution in [0.15, 0.2) is 24.5 Å². The maximum atomic E-state index is 13.2. The van der Waals surface area contributed by atoms with Crippen molar-refractivity contribution in [3.05, 3.63) is 35.9 Å². The molecule has 2 bridgehead atoms. The van der Waals surface area contributed by atoms with Gasteiger partial charge < -0.3 is 0 Å². The van der Waals surface area contributed by atoms with Crippen LogP contribution < -0.4 is 0 Å². The smallest absolute Gasteiger partial charge is 0.142 e. The highest BCUT2D eigenvalue weighted by atomic mass is 19.1. The molecule has 3 rings (SSSR count). The number of aromatic nitrogens is 1. The van der Waals surface area contributed by atoms with Crippen molar-refractivity contribution in [1.29, 1.82) is 0 Å². The third-order valence-electron chi connectivity index (χ3n) is 3.90. The van der Waals surface area contributed by atoms with Gasteiger partial charge in [0.25, 0.3) is 0 Å². The first kappa shape index (κ1) is 10.9. The molecule has 3 heteroatoms. The summed E-state index contributed by atoms with van der Waals surface area (Å²) in [5, 5.41) is 0. The second-order valence-electron chi connectivity index (χ2n) is 5.30. The average molecular weight is 232 g/mol. The van der Waals surface area contributed by atoms with Crippen molar-refractivity contribution < 1.29 is 4.39 Å². The standard InChI is InChI=1S/C14H17FN2/c1-9(2)17-8-11-4-13(17)5-14(11)10-3-12(15)7-16-6-10/h3,5-7,9,11,13H,4,8H2,1-2H3. The highest BCUT2D eigenvalue weighted by Gasteiger charge is 2.39. The zero-order valence-electron chi connectivity index (χ0n) is 10.2. The molecule has 0 saturated carbocycles. The predicted molar refractivity (Wildman–Crippen MR) is 65.9 cm³/mol. The lowest BCUT2D eigenvalue weighted by molar-refractivity contribution is 0.227. The molecular formula is C14H17FN2. The Morgan fingerprint density at radius 1 is 1.41 bits per heavy atom. The first-order chi connectivity index (χ1) is 8.15. The molecule has 1 saturated heterocycles. The Morgan fingerprint density at radius 2 is 2.24 bits per heavy atom. The summed E-state index contributed by atoms with van der Waals surface area (Å²) in [5.74, 6) is 0.317. The lowest BCUT2D eigenvalue weighted by Gasteiger charge is -2.29. The van der Waals surface area contributed by atoms with Crippen molar-refractivity contribution in [3.8, 4) is 0 Å². The molecule has 2 atom stereocenters. The van der Waals surface area contributed by atoms with Crippen LogP contribution >= 0.6 is 0 Å². The van der Waals surface area contributed by atoms with E-state index in [4.69, 9.17) is 0 Å². The minimum absolute atomic E-state index is 0.244. The van der Waals surface area contributed by atoms with Crippen LogP contribution in [-0.4, -0.2) is 28.5 Å². The highest BCUT2D eigenvalue weighted by molar-refractivity contribution is 5.71. The second-order valence-corrected chi connectivity index (χ2v) is 5.30. The minimum atomic E-state index is -0.244. The molecule has 2 aliphatic rings. The van der Waals surface area contributed by atoms with E-state index in [9.17, 15) is 4.39 Å². The fourth-order valence-electron chi connectivity index (χ4n) is 3.12. The van der Waals surface area contributed by atoms with Crippen LogP contribution in [0.4, 0.5) is 4.39 Å². The third kappa shape index (κ3) is 1.78. The molecule has 0 amide bonds. The first-order valence-corrected chi connectivity index (χ1v) is 6.23. The van der Waals surface area contributed by atoms with Crippen molar-refractivity contribution in [2.75, 3.05) is 6.54 Å². The number of pyridine rings is 1. The quantitative estimate of drug-likeness (QED) is 0.779. The zero-order valence-corrected chi connectivity index (χ0v) is 10.2. The summed E-state index contributed by atoms with van der Waals surface area (Å²) in [5.41, 5.74) is 2.25. The molecule has 0 aromatic carbocycles. The van der Waals surface area contributed by atoms with Crippen LogP contribution in [0.5, 0.6) is 0 Å². The summed E-state index contributed by atoms with van der Waals surface area (Å²) < 4.78 is 13.2. The lowest BCUT2D eigenvalue weighted by Crippen LogP contribution is -2.36. The number of nitrogens with zero attached hydrogens (tertiary/aromatic N) is 2. The molecule has 2 unspecified atom stereocenters. The van der Waals surface area contributed by atoms with Gasteiger partial charge in [-0.2, -0.15) is 0 Å². The summed E-state index contributed by atoms with van der Waals surface area (Å²) in [7, 11) is 0. The molecule has 1 aromatic rings. The van der Waals surface area contributed by atoms with E-state index in [1.54, 1.807) is 12.3 Å². The highest BCUT2D eigenvalue weighted by Crippen LogP contribution is 2.42. The first-order valence-electron chi connectivity index (χ1n) is 6.23. The van der Waals surface area contributed by atoms with Crippen molar-refractivity contribution >= 4 is 5.57 Å². The lowest BCUT2D eigenvalue weighted by atomic mass is 9.96. The Morgan fingerprint density at radius 3 is 2.82 bits per heavy atom. The normalized spacial score (nSPS) is 27.9. The summed E-state index contributed by atoms with van der Waals surface area (Å²) in [4.78, 5) is 6.45. The summed E-state index contributed by atoms with van der Waals surface area (Å²) in [6, 6.07) is 2.73. The van der Waals surface area contributed by atoms with Gasteiger partial charge in [-0.15, -0.1) is 0 Å². The van der Waals surface area contributed by atoms with E-state index in [1.165, 1.54) is 18.2 Å². The summed E-state index contributed by atoms with van der Waals surface area (Å²) >= 11 is 0. The fraction of sp³-hybridized carbons (Fsp3) is 0.500. The monoisotopic (exact) mass is 232 g/mol. The van der Waals surface area contributed by atoms with E-state index >= 15 is 0 Å². The third-order valence-corrected chi connectivity index (χ3v) is 3.90. The van der Waals surface area contributed by atoms with Crippen molar-refractivity contribution in [1.82, 2.24) is 9.88 Å². The van der Waals surface area contributed by atoms with Gasteiger partial charge in [0, 0.05) is 24.8 Å². The molecule has 2 heterocycles. The fourth-order valence-corrected chi connectivity index (χ4v) is 3.12. The Balaban J connectivity index is 1.89. The van der Waals surface area contributed by atoms with Crippen LogP contribution in [0.2, 0.25) is 0 Å². The van der Waals surface area contributed by atoms with Gasteiger partial charge in [0.15, 0.2) is 0 Å². The Bertz CT molecular complexity index is 467. The molecule has 1 aliphatic carbocycles. The Labute approximate surface area is 101 Å². The summed E-state index contributed by atoms with van der Waals surface area (Å²) in [6.45, 7) is 5.57. The number of hydrogen-bond acceptors (Lipinski definition) is 2. The second kappa shape index (κ2) is 3.91. The zero-order chi connectivity index (χ0) is 12.0. The van der Waals surface area contributed by atoms with Gasteiger partial charge in [-0.25, -0.2) is 4.39 Å². The maximum absolute atomic E-state index is 13.2. The SMILES string of the molecule is CC(C)N1CC2CC1C=C2c1cncc(F)c1. The van der Waals surface area contributed by atoms with E-state index in [2.05, 4.69) is 29.8 Å². The van der Waals surface area contributed by atoms with Gasteiger partial charge in [0.2, 0.25) is 0 Å². The average Bonchev–Trinajstić information content (AvgIpc) is 2.87. The molecule has 0 radical (unpaired) electrons. The molecule has 90 valence electrons. The largest absolute Gasteiger partial charge is 0.294 e. The number of halogens is 1. The van der Waals surface area contributed by atoms with Crippen LogP contribution in [-0.2, 0) is 0 Å². The Hall–Kier alpha value is -1.22. The number of likely N-dealkylation sites (tertiary alicyclic amines) is 1. The van der Waals surface area contributed by atoms with E-state index in [0.717, 1.165) is 12.1 Å². The maximum Gasteiger partial charge on any atom is 0.142 e. The van der Waals surface area contributed by atoms with Crippen molar-refractivity contribution in [2.24, 2.45) is 5.92 Å². The molecular weight excluding hydrogens is 215 g/mol. The molecule has 1 aliphatic heterocycles. The van der Waals surface area contributed by atoms with Gasteiger partial charge in [-0.05, 0) is 43.4 Å². The van der Waals surface area contributed by atoms with Gasteiger partial charge in [0.05, 0.1) is 6.20 Å². The molecule has 2 nitrogen and oxygen atoms in total. The van der Waals surface area contributed by atoms with E-state index in [1.807, 2.05) is 0 Å². The van der Waals surface area contributed by atoms with E-state index in [-0.39, 0.29) is 5.82 Å². The van der Waals surface area contributed by atoms with Gasteiger partial charge in [-0.1, -0.05) is 6.08 Å². The number of hydrogen-bond donors (Lipinski definition) is 0. The Kier molecular flexibility index (Phi) is 2.51. The minimum Gasteiger partial charge on any atom is -0.294 e. The van der Waals surface area contributed by atoms with Gasteiger partial charge in [0.1, 0.15) is 5.82 Å². The van der Waals surface area contributed by atoms with Gasteiger partial charge in [-0.3, -0.25) is 9.88 Å².